The average molecular weight is 1020 g/mol. The fraction of sp³-hybridized carbons (Fsp3) is 0.409. The molecule has 24 heteroatoms. The highest BCUT2D eigenvalue weighted by Gasteiger charge is 2.36. The predicted molar refractivity (Wildman–Crippen MR) is 253 cm³/mol. The lowest BCUT2D eigenvalue weighted by molar-refractivity contribution is -0.121. The van der Waals surface area contributed by atoms with Gasteiger partial charge in [-0.1, -0.05) is 47.1 Å². The highest BCUT2D eigenvalue weighted by molar-refractivity contribution is 8.04. The van der Waals surface area contributed by atoms with Gasteiger partial charge < -0.3 is 29.7 Å². The van der Waals surface area contributed by atoms with Crippen molar-refractivity contribution < 1.29 is 53.4 Å². The number of amides is 1. The second-order valence-corrected chi connectivity index (χ2v) is 22.3. The van der Waals surface area contributed by atoms with Crippen molar-refractivity contribution in [2.45, 2.75) is 62.7 Å². The summed E-state index contributed by atoms with van der Waals surface area (Å²) in [5.41, 5.74) is 6.34. The molecule has 4 N–H and O–H groups in total. The molecule has 0 radical (unpaired) electrons. The number of piperazine rings is 1. The van der Waals surface area contributed by atoms with Gasteiger partial charge in [-0.15, -0.1) is 5.10 Å². The molecular formula is C44H55ClN8O12S3. The Morgan fingerprint density at radius 2 is 1.53 bits per heavy atom. The fourth-order valence-electron chi connectivity index (χ4n) is 7.47. The van der Waals surface area contributed by atoms with Crippen LogP contribution in [0.5, 0.6) is 17.2 Å². The summed E-state index contributed by atoms with van der Waals surface area (Å²) in [6.45, 7) is 8.68. The van der Waals surface area contributed by atoms with Crippen LogP contribution >= 0.6 is 11.6 Å². The molecule has 3 heterocycles. The molecule has 3 aromatic carbocycles. The summed E-state index contributed by atoms with van der Waals surface area (Å²) in [4.78, 5) is 20.7. The number of nitrogens with zero attached hydrogens (tertiary/aromatic N) is 6. The van der Waals surface area contributed by atoms with Crippen LogP contribution in [0.1, 0.15) is 39.9 Å². The minimum absolute atomic E-state index is 0.00455. The highest BCUT2D eigenvalue weighted by Crippen LogP contribution is 2.37. The lowest BCUT2D eigenvalue weighted by atomic mass is 9.93. The van der Waals surface area contributed by atoms with Crippen molar-refractivity contribution in [3.8, 4) is 28.4 Å². The average Bonchev–Trinajstić information content (AvgIpc) is 3.72. The second kappa shape index (κ2) is 22.9. The molecule has 5 aromatic rings. The maximum atomic E-state index is 12.7. The quantitative estimate of drug-likeness (QED) is 0.0680. The molecule has 6 rings (SSSR count). The van der Waals surface area contributed by atoms with Crippen LogP contribution in [0.3, 0.4) is 0 Å². The molecule has 1 fully saturated rings. The van der Waals surface area contributed by atoms with Crippen molar-refractivity contribution in [3.63, 3.8) is 0 Å². The van der Waals surface area contributed by atoms with Crippen LogP contribution in [0.25, 0.3) is 11.1 Å². The van der Waals surface area contributed by atoms with Gasteiger partial charge >= 0.3 is 0 Å². The topological polar surface area (TPSA) is 262 Å². The molecule has 0 spiro atoms. The number of aromatic nitrogens is 4. The largest absolute Gasteiger partial charge is 0.488 e. The number of ether oxygens (including phenoxy) is 3. The lowest BCUT2D eigenvalue weighted by Crippen LogP contribution is -2.44. The van der Waals surface area contributed by atoms with Crippen molar-refractivity contribution in [3.05, 3.63) is 112 Å². The van der Waals surface area contributed by atoms with E-state index in [1.807, 2.05) is 61.1 Å². The lowest BCUT2D eigenvalue weighted by Gasteiger charge is -2.26. The van der Waals surface area contributed by atoms with E-state index in [1.54, 1.807) is 12.1 Å². The number of carbonyl (C=O) groups is 1. The summed E-state index contributed by atoms with van der Waals surface area (Å²) in [7, 11) is -12.6. The van der Waals surface area contributed by atoms with Crippen LogP contribution < -0.4 is 24.8 Å². The summed E-state index contributed by atoms with van der Waals surface area (Å²) in [5, 5.41) is 14.3. The summed E-state index contributed by atoms with van der Waals surface area (Å²) in [6.07, 6.45) is 6.64. The normalized spacial score (nSPS) is 13.8. The third-order valence-corrected chi connectivity index (χ3v) is 15.6. The molecule has 1 aliphatic rings. The van der Waals surface area contributed by atoms with E-state index in [0.29, 0.717) is 16.9 Å². The van der Waals surface area contributed by atoms with Crippen molar-refractivity contribution in [2.24, 2.45) is 0 Å². The number of nitrogens with one attached hydrogen (secondary N) is 2. The molecule has 0 saturated carbocycles. The maximum absolute atomic E-state index is 12.7. The molecular weight excluding hydrogens is 964 g/mol. The molecule has 1 aliphatic heterocycles. The molecule has 1 amide bonds. The SMILES string of the molecule is Cc1c(COc2cc(OCc3cncc(S(C)(=O)=O)c3)c(CN(C)CC(=O)NCC(S(=O)(=O)O)S(=O)(=O)O)cc2Cl)cccc1-c1cccc(OCc2cn(CCCN3CCNCC3)nn2)c1C. The number of sulfone groups is 1. The first kappa shape index (κ1) is 52.1. The number of hydrogen-bond donors (Lipinski definition) is 4. The van der Waals surface area contributed by atoms with E-state index >= 15 is 0 Å². The zero-order chi connectivity index (χ0) is 49.2. The van der Waals surface area contributed by atoms with Gasteiger partial charge in [0, 0.05) is 81.7 Å². The first-order valence-corrected chi connectivity index (χ1v) is 26.7. The minimum Gasteiger partial charge on any atom is -0.488 e. The van der Waals surface area contributed by atoms with Crippen LogP contribution in [-0.4, -0.2) is 134 Å². The molecule has 368 valence electrons. The van der Waals surface area contributed by atoms with Crippen molar-refractivity contribution >= 4 is 47.6 Å². The molecule has 68 heavy (non-hydrogen) atoms. The van der Waals surface area contributed by atoms with Gasteiger partial charge in [0.2, 0.25) is 10.5 Å². The number of likely N-dealkylation sites (N-methyl/N-ethyl adjacent to an activating group) is 1. The van der Waals surface area contributed by atoms with Crippen LogP contribution in [0.4, 0.5) is 0 Å². The van der Waals surface area contributed by atoms with Gasteiger partial charge in [-0.05, 0) is 73.3 Å². The Kier molecular flexibility index (Phi) is 17.6. The van der Waals surface area contributed by atoms with Gasteiger partial charge in [0.1, 0.15) is 42.8 Å². The third-order valence-electron chi connectivity index (χ3n) is 11.1. The molecule has 2 aromatic heterocycles. The minimum atomic E-state index is -5.27. The fourth-order valence-corrected chi connectivity index (χ4v) is 10.1. The first-order valence-electron chi connectivity index (χ1n) is 21.4. The number of carbonyl (C=O) groups excluding carboxylic acids is 1. The molecule has 0 bridgehead atoms. The Labute approximate surface area is 401 Å². The van der Waals surface area contributed by atoms with E-state index in [0.717, 1.165) is 85.5 Å². The molecule has 0 unspecified atom stereocenters. The summed E-state index contributed by atoms with van der Waals surface area (Å²) in [6, 6.07) is 16.4. The number of rotatable bonds is 23. The van der Waals surface area contributed by atoms with Gasteiger partial charge in [-0.2, -0.15) is 16.8 Å². The van der Waals surface area contributed by atoms with E-state index in [9.17, 15) is 39.2 Å². The Balaban J connectivity index is 1.15. The van der Waals surface area contributed by atoms with E-state index in [1.165, 1.54) is 30.4 Å². The van der Waals surface area contributed by atoms with Gasteiger partial charge in [-0.3, -0.25) is 28.5 Å². The molecule has 20 nitrogen and oxygen atoms in total. The summed E-state index contributed by atoms with van der Waals surface area (Å²) in [5.74, 6) is 0.389. The highest BCUT2D eigenvalue weighted by atomic mass is 35.5. The molecule has 0 aliphatic carbocycles. The van der Waals surface area contributed by atoms with Crippen LogP contribution in [0.2, 0.25) is 5.02 Å². The third kappa shape index (κ3) is 14.6. The van der Waals surface area contributed by atoms with Crippen LogP contribution in [-0.2, 0) is 67.8 Å². The number of halogens is 1. The number of pyridine rings is 1. The zero-order valence-corrected chi connectivity index (χ0v) is 41.2. The van der Waals surface area contributed by atoms with E-state index in [-0.39, 0.29) is 47.8 Å². The number of aryl methyl sites for hydroxylation is 1. The Bertz CT molecular complexity index is 2880. The first-order chi connectivity index (χ1) is 32.2. The van der Waals surface area contributed by atoms with Gasteiger partial charge in [0.15, 0.2) is 9.84 Å². The Morgan fingerprint density at radius 3 is 2.24 bits per heavy atom. The van der Waals surface area contributed by atoms with Crippen molar-refractivity contribution in [2.75, 3.05) is 59.1 Å². The summed E-state index contributed by atoms with van der Waals surface area (Å²) >= 11 is 6.80. The molecule has 1 saturated heterocycles. The van der Waals surface area contributed by atoms with Crippen molar-refractivity contribution in [1.82, 2.24) is 40.4 Å². The van der Waals surface area contributed by atoms with Crippen LogP contribution in [0, 0.1) is 13.8 Å². The van der Waals surface area contributed by atoms with Crippen molar-refractivity contribution in [1.29, 1.82) is 0 Å². The summed E-state index contributed by atoms with van der Waals surface area (Å²) < 4.78 is 107. The Hall–Kier alpha value is -5.24. The van der Waals surface area contributed by atoms with Gasteiger partial charge in [0.25, 0.3) is 20.2 Å². The smallest absolute Gasteiger partial charge is 0.286 e. The van der Waals surface area contributed by atoms with Gasteiger partial charge in [-0.25, -0.2) is 8.42 Å². The number of hydrogen-bond acceptors (Lipinski definition) is 16. The number of benzene rings is 3. The molecule has 0 atom stereocenters. The Morgan fingerprint density at radius 1 is 0.853 bits per heavy atom. The predicted octanol–water partition coefficient (Wildman–Crippen LogP) is 3.70. The maximum Gasteiger partial charge on any atom is 0.286 e. The van der Waals surface area contributed by atoms with Crippen LogP contribution in [0.15, 0.2) is 78.1 Å². The van der Waals surface area contributed by atoms with E-state index in [2.05, 4.69) is 30.8 Å². The zero-order valence-electron chi connectivity index (χ0n) is 38.0. The van der Waals surface area contributed by atoms with Gasteiger partial charge in [0.05, 0.1) is 29.2 Å². The second-order valence-electron chi connectivity index (χ2n) is 16.4. The van der Waals surface area contributed by atoms with E-state index < -0.39 is 53.7 Å². The standard InChI is InChI=1S/C44H55ClN8O12S3/c1-30-33(8-5-9-37(30)38-10-6-11-40(31(38)2)65-29-35-25-53(50-49-35)15-7-14-52-16-12-46-13-17-52)28-64-42-20-41(63-27-32-18-36(22-47-21-32)66(4,55)56)34(19-39(42)45)24-51(3)26-43(54)48-23-44(67(57,58)59)68(60,61)62/h5-6,8-11,18-22,25,44,46H,7,12-17,23-24,26-29H2,1-4H3,(H,48,54)(H,57,58,59)(H,60,61,62). The monoisotopic (exact) mass is 1020 g/mol. The van der Waals surface area contributed by atoms with E-state index in [4.69, 9.17) is 25.8 Å².